The van der Waals surface area contributed by atoms with Gasteiger partial charge in [-0.05, 0) is 41.2 Å². The van der Waals surface area contributed by atoms with E-state index in [1.54, 1.807) is 10.4 Å². The number of nitrogens with one attached hydrogen (secondary N) is 1. The van der Waals surface area contributed by atoms with Crippen LogP contribution in [0.5, 0.6) is 0 Å². The summed E-state index contributed by atoms with van der Waals surface area (Å²) in [5.74, 6) is 1.13. The molecule has 1 aromatic heterocycles. The lowest BCUT2D eigenvalue weighted by Gasteiger charge is -2.30. The summed E-state index contributed by atoms with van der Waals surface area (Å²) in [7, 11) is -3.49. The summed E-state index contributed by atoms with van der Waals surface area (Å²) in [4.78, 5) is 0.233. The van der Waals surface area contributed by atoms with E-state index in [0.717, 1.165) is 19.4 Å². The van der Waals surface area contributed by atoms with Gasteiger partial charge in [0.15, 0.2) is 4.67 Å². The van der Waals surface area contributed by atoms with Crippen LogP contribution in [0.1, 0.15) is 38.9 Å². The van der Waals surface area contributed by atoms with E-state index < -0.39 is 10.0 Å². The first-order chi connectivity index (χ1) is 9.98. The van der Waals surface area contributed by atoms with Crippen molar-refractivity contribution >= 4 is 26.0 Å². The second-order valence-corrected chi connectivity index (χ2v) is 8.01. The zero-order valence-corrected chi connectivity index (χ0v) is 15.0. The van der Waals surface area contributed by atoms with Crippen molar-refractivity contribution in [3.8, 4) is 0 Å². The number of nitrogens with zero attached hydrogens (tertiary/aromatic N) is 1. The SMILES string of the molecule is CCNCc1cc(S(=O)(=O)N(CC)CC2CCC2)c(Br)o1. The monoisotopic (exact) mass is 378 g/mol. The Morgan fingerprint density at radius 3 is 2.67 bits per heavy atom. The van der Waals surface area contributed by atoms with Crippen molar-refractivity contribution in [2.45, 2.75) is 44.6 Å². The zero-order chi connectivity index (χ0) is 15.5. The summed E-state index contributed by atoms with van der Waals surface area (Å²) in [5.41, 5.74) is 0. The lowest BCUT2D eigenvalue weighted by Crippen LogP contribution is -2.37. The molecule has 1 fully saturated rings. The summed E-state index contributed by atoms with van der Waals surface area (Å²) in [5, 5.41) is 3.13. The molecule has 21 heavy (non-hydrogen) atoms. The second kappa shape index (κ2) is 7.26. The summed E-state index contributed by atoms with van der Waals surface area (Å²) >= 11 is 3.24. The fourth-order valence-corrected chi connectivity index (χ4v) is 4.89. The maximum Gasteiger partial charge on any atom is 0.247 e. The normalized spacial score (nSPS) is 16.4. The Kier molecular flexibility index (Phi) is 5.88. The minimum atomic E-state index is -3.49. The van der Waals surface area contributed by atoms with Gasteiger partial charge in [0.05, 0.1) is 6.54 Å². The van der Waals surface area contributed by atoms with Gasteiger partial charge in [0.2, 0.25) is 10.0 Å². The van der Waals surface area contributed by atoms with Crippen LogP contribution in [0, 0.1) is 5.92 Å². The van der Waals surface area contributed by atoms with Crippen LogP contribution in [-0.4, -0.2) is 32.4 Å². The van der Waals surface area contributed by atoms with Gasteiger partial charge in [0.1, 0.15) is 10.7 Å². The van der Waals surface area contributed by atoms with Gasteiger partial charge in [-0.15, -0.1) is 0 Å². The molecule has 5 nitrogen and oxygen atoms in total. The Labute approximate surface area is 135 Å². The van der Waals surface area contributed by atoms with Crippen molar-refractivity contribution in [2.24, 2.45) is 5.92 Å². The van der Waals surface area contributed by atoms with Crippen LogP contribution in [0.25, 0.3) is 0 Å². The van der Waals surface area contributed by atoms with Gasteiger partial charge < -0.3 is 9.73 Å². The van der Waals surface area contributed by atoms with Crippen molar-refractivity contribution in [3.63, 3.8) is 0 Å². The lowest BCUT2D eigenvalue weighted by atomic mass is 9.85. The third-order valence-corrected chi connectivity index (χ3v) is 6.71. The van der Waals surface area contributed by atoms with Crippen molar-refractivity contribution < 1.29 is 12.8 Å². The molecule has 1 aromatic rings. The van der Waals surface area contributed by atoms with E-state index >= 15 is 0 Å². The number of hydrogen-bond donors (Lipinski definition) is 1. The third-order valence-electron chi connectivity index (χ3n) is 3.91. The minimum absolute atomic E-state index is 0.233. The predicted molar refractivity (Wildman–Crippen MR) is 85.6 cm³/mol. The smallest absolute Gasteiger partial charge is 0.247 e. The molecule has 1 aliphatic rings. The number of halogens is 1. The minimum Gasteiger partial charge on any atom is -0.452 e. The van der Waals surface area contributed by atoms with Crippen molar-refractivity contribution in [1.82, 2.24) is 9.62 Å². The van der Waals surface area contributed by atoms with Crippen LogP contribution < -0.4 is 5.32 Å². The number of rotatable bonds is 8. The molecule has 1 saturated carbocycles. The van der Waals surface area contributed by atoms with Crippen LogP contribution >= 0.6 is 15.9 Å². The van der Waals surface area contributed by atoms with Gasteiger partial charge in [-0.1, -0.05) is 20.3 Å². The molecule has 7 heteroatoms. The highest BCUT2D eigenvalue weighted by atomic mass is 79.9. The standard InChI is InChI=1S/C14H23BrN2O3S/c1-3-16-9-12-8-13(14(15)20-12)21(18,19)17(4-2)10-11-6-5-7-11/h8,11,16H,3-7,9-10H2,1-2H3. The first-order valence-corrected chi connectivity index (χ1v) is 9.71. The summed E-state index contributed by atoms with van der Waals surface area (Å²) in [6, 6.07) is 1.62. The van der Waals surface area contributed by atoms with E-state index in [9.17, 15) is 8.42 Å². The molecule has 0 bridgehead atoms. The number of furan rings is 1. The molecule has 1 aliphatic carbocycles. The summed E-state index contributed by atoms with van der Waals surface area (Å²) < 4.78 is 32.9. The van der Waals surface area contributed by atoms with E-state index in [1.165, 1.54) is 6.42 Å². The molecule has 1 N–H and O–H groups in total. The van der Waals surface area contributed by atoms with Crippen LogP contribution in [0.2, 0.25) is 0 Å². The van der Waals surface area contributed by atoms with Crippen molar-refractivity contribution in [2.75, 3.05) is 19.6 Å². The fourth-order valence-electron chi connectivity index (χ4n) is 2.41. The quantitative estimate of drug-likeness (QED) is 0.755. The molecule has 0 amide bonds. The highest BCUT2D eigenvalue weighted by Gasteiger charge is 2.31. The Morgan fingerprint density at radius 1 is 1.43 bits per heavy atom. The molecule has 0 unspecified atom stereocenters. The number of sulfonamides is 1. The largest absolute Gasteiger partial charge is 0.452 e. The second-order valence-electron chi connectivity index (χ2n) is 5.38. The average Bonchev–Trinajstić information content (AvgIpc) is 2.77. The molecule has 2 rings (SSSR count). The van der Waals surface area contributed by atoms with Crippen LogP contribution in [0.15, 0.2) is 20.0 Å². The van der Waals surface area contributed by atoms with E-state index in [-0.39, 0.29) is 4.90 Å². The average molecular weight is 379 g/mol. The first kappa shape index (κ1) is 17.0. The van der Waals surface area contributed by atoms with E-state index in [2.05, 4.69) is 21.2 Å². The highest BCUT2D eigenvalue weighted by Crippen LogP contribution is 2.32. The van der Waals surface area contributed by atoms with E-state index in [4.69, 9.17) is 4.42 Å². The topological polar surface area (TPSA) is 62.6 Å². The molecule has 0 spiro atoms. The first-order valence-electron chi connectivity index (χ1n) is 7.48. The maximum absolute atomic E-state index is 12.8. The molecule has 0 aliphatic heterocycles. The highest BCUT2D eigenvalue weighted by molar-refractivity contribution is 9.10. The van der Waals surface area contributed by atoms with Gasteiger partial charge in [0.25, 0.3) is 0 Å². The lowest BCUT2D eigenvalue weighted by molar-refractivity contribution is 0.249. The number of hydrogen-bond acceptors (Lipinski definition) is 4. The van der Waals surface area contributed by atoms with Crippen molar-refractivity contribution in [3.05, 3.63) is 16.5 Å². The zero-order valence-electron chi connectivity index (χ0n) is 12.6. The van der Waals surface area contributed by atoms with Gasteiger partial charge >= 0.3 is 0 Å². The molecule has 0 saturated heterocycles. The van der Waals surface area contributed by atoms with Crippen molar-refractivity contribution in [1.29, 1.82) is 0 Å². The van der Waals surface area contributed by atoms with E-state index in [1.807, 2.05) is 13.8 Å². The summed E-state index contributed by atoms with van der Waals surface area (Å²) in [6.45, 7) is 6.30. The Morgan fingerprint density at radius 2 is 2.14 bits per heavy atom. The molecular weight excluding hydrogens is 356 g/mol. The molecule has 1 heterocycles. The molecule has 0 aromatic carbocycles. The van der Waals surface area contributed by atoms with E-state index in [0.29, 0.717) is 36.0 Å². The predicted octanol–water partition coefficient (Wildman–Crippen LogP) is 2.96. The maximum atomic E-state index is 12.8. The van der Waals surface area contributed by atoms with Gasteiger partial charge in [-0.25, -0.2) is 8.42 Å². The third kappa shape index (κ3) is 3.88. The fraction of sp³-hybridized carbons (Fsp3) is 0.714. The summed E-state index contributed by atoms with van der Waals surface area (Å²) in [6.07, 6.45) is 3.47. The Balaban J connectivity index is 2.18. The molecule has 0 atom stereocenters. The van der Waals surface area contributed by atoms with Crippen LogP contribution in [0.3, 0.4) is 0 Å². The molecule has 0 radical (unpaired) electrons. The Bertz CT molecular complexity index is 567. The van der Waals surface area contributed by atoms with Crippen LogP contribution in [-0.2, 0) is 16.6 Å². The van der Waals surface area contributed by atoms with Gasteiger partial charge in [-0.2, -0.15) is 4.31 Å². The Hall–Kier alpha value is -0.370. The molecular formula is C14H23BrN2O3S. The van der Waals surface area contributed by atoms with Crippen LogP contribution in [0.4, 0.5) is 0 Å². The van der Waals surface area contributed by atoms with Gasteiger partial charge in [-0.3, -0.25) is 0 Å². The molecule has 120 valence electrons. The van der Waals surface area contributed by atoms with Gasteiger partial charge in [0, 0.05) is 19.2 Å².